The van der Waals surface area contributed by atoms with Gasteiger partial charge in [-0.25, -0.2) is 19.5 Å². The number of rotatable bonds is 2. The van der Waals surface area contributed by atoms with Gasteiger partial charge in [0.2, 0.25) is 5.96 Å². The molecule has 1 atom stereocenters. The molecular formula is C21H33N5O4. The minimum atomic E-state index is -0.858. The Kier molecular flexibility index (Phi) is 6.95. The van der Waals surface area contributed by atoms with E-state index in [2.05, 4.69) is 14.9 Å². The molecular weight excluding hydrogens is 386 g/mol. The van der Waals surface area contributed by atoms with Gasteiger partial charge in [-0.15, -0.1) is 4.99 Å². The number of aryl methyl sites for hydroxylation is 1. The first-order valence-corrected chi connectivity index (χ1v) is 10.0. The number of hydrogen-bond acceptors (Lipinski definition) is 6. The zero-order chi connectivity index (χ0) is 22.7. The maximum Gasteiger partial charge on any atom is 0.437 e. The molecule has 2 amide bonds. The molecule has 1 aliphatic heterocycles. The number of aromatic nitrogens is 1. The second kappa shape index (κ2) is 8.89. The molecule has 2 N–H and O–H groups in total. The van der Waals surface area contributed by atoms with Gasteiger partial charge in [0.15, 0.2) is 0 Å². The zero-order valence-corrected chi connectivity index (χ0v) is 18.9. The Hall–Kier alpha value is -2.84. The summed E-state index contributed by atoms with van der Waals surface area (Å²) in [6, 6.07) is 3.58. The maximum absolute atomic E-state index is 12.9. The Morgan fingerprint density at radius 2 is 1.83 bits per heavy atom. The number of carbonyl (C=O) groups is 2. The lowest BCUT2D eigenvalue weighted by molar-refractivity contribution is 0.0320. The summed E-state index contributed by atoms with van der Waals surface area (Å²) in [6.07, 6.45) is 0.863. The molecule has 0 spiro atoms. The average molecular weight is 420 g/mol. The molecule has 9 heteroatoms. The number of nitrogens with two attached hydrogens (primary N) is 1. The number of nitrogens with zero attached hydrogens (tertiary/aromatic N) is 4. The van der Waals surface area contributed by atoms with Gasteiger partial charge in [0, 0.05) is 19.3 Å². The lowest BCUT2D eigenvalue weighted by Gasteiger charge is -2.30. The van der Waals surface area contributed by atoms with Crippen molar-refractivity contribution in [1.82, 2.24) is 9.88 Å². The van der Waals surface area contributed by atoms with Crippen LogP contribution in [0.4, 0.5) is 15.4 Å². The molecule has 0 aliphatic carbocycles. The topological polar surface area (TPSA) is 110 Å². The van der Waals surface area contributed by atoms with E-state index in [1.54, 1.807) is 47.7 Å². The van der Waals surface area contributed by atoms with E-state index in [1.165, 1.54) is 4.90 Å². The third kappa shape index (κ3) is 6.89. The number of guanidine groups is 1. The van der Waals surface area contributed by atoms with Crippen LogP contribution >= 0.6 is 0 Å². The summed E-state index contributed by atoms with van der Waals surface area (Å²) in [5.74, 6) is 0.576. The number of aliphatic imine (C=N–C) groups is 1. The average Bonchev–Trinajstić information content (AvgIpc) is 3.00. The first-order chi connectivity index (χ1) is 13.7. The van der Waals surface area contributed by atoms with E-state index < -0.39 is 23.4 Å². The summed E-state index contributed by atoms with van der Waals surface area (Å²) in [6.45, 7) is 13.6. The lowest BCUT2D eigenvalue weighted by Crippen LogP contribution is -2.51. The highest BCUT2D eigenvalue weighted by Gasteiger charge is 2.36. The van der Waals surface area contributed by atoms with Crippen LogP contribution in [0.3, 0.4) is 0 Å². The molecule has 30 heavy (non-hydrogen) atoms. The summed E-state index contributed by atoms with van der Waals surface area (Å²) >= 11 is 0. The molecule has 2 rings (SSSR count). The van der Waals surface area contributed by atoms with Crippen molar-refractivity contribution in [2.45, 2.75) is 72.1 Å². The van der Waals surface area contributed by atoms with E-state index in [1.807, 2.05) is 19.1 Å². The van der Waals surface area contributed by atoms with Crippen LogP contribution in [0, 0.1) is 6.92 Å². The van der Waals surface area contributed by atoms with E-state index in [-0.39, 0.29) is 12.0 Å². The molecule has 1 aliphatic rings. The first-order valence-electron chi connectivity index (χ1n) is 10.0. The number of amides is 2. The van der Waals surface area contributed by atoms with Gasteiger partial charge in [-0.1, -0.05) is 0 Å². The van der Waals surface area contributed by atoms with Crippen molar-refractivity contribution in [1.29, 1.82) is 0 Å². The number of hydrogen-bond donors (Lipinski definition) is 1. The van der Waals surface area contributed by atoms with Crippen molar-refractivity contribution < 1.29 is 19.1 Å². The first kappa shape index (κ1) is 23.4. The Labute approximate surface area is 178 Å². The van der Waals surface area contributed by atoms with Crippen LogP contribution in [0.5, 0.6) is 0 Å². The van der Waals surface area contributed by atoms with Gasteiger partial charge < -0.3 is 20.1 Å². The predicted octanol–water partition coefficient (Wildman–Crippen LogP) is 3.46. The third-order valence-electron chi connectivity index (χ3n) is 4.19. The van der Waals surface area contributed by atoms with Gasteiger partial charge in [0.1, 0.15) is 17.0 Å². The van der Waals surface area contributed by atoms with Crippen LogP contribution < -0.4 is 10.6 Å². The van der Waals surface area contributed by atoms with E-state index in [0.717, 1.165) is 11.4 Å². The molecule has 0 bridgehead atoms. The van der Waals surface area contributed by atoms with Gasteiger partial charge in [-0.2, -0.15) is 0 Å². The van der Waals surface area contributed by atoms with E-state index in [4.69, 9.17) is 15.2 Å². The van der Waals surface area contributed by atoms with E-state index in [9.17, 15) is 9.59 Å². The summed E-state index contributed by atoms with van der Waals surface area (Å²) in [4.78, 5) is 36.5. The normalized spacial score (nSPS) is 17.6. The van der Waals surface area contributed by atoms with Gasteiger partial charge in [0.05, 0.1) is 6.04 Å². The van der Waals surface area contributed by atoms with Crippen molar-refractivity contribution in [2.75, 3.05) is 18.0 Å². The second-order valence-corrected chi connectivity index (χ2v) is 9.38. The molecule has 1 aromatic rings. The van der Waals surface area contributed by atoms with Crippen LogP contribution in [0.25, 0.3) is 0 Å². The quantitative estimate of drug-likeness (QED) is 0.577. The van der Waals surface area contributed by atoms with Crippen LogP contribution in [0.2, 0.25) is 0 Å². The highest BCUT2D eigenvalue weighted by atomic mass is 16.6. The number of anilines is 1. The predicted molar refractivity (Wildman–Crippen MR) is 116 cm³/mol. The Bertz CT molecular complexity index is 810. The summed E-state index contributed by atoms with van der Waals surface area (Å²) in [7, 11) is 0. The van der Waals surface area contributed by atoms with Crippen LogP contribution in [-0.4, -0.2) is 58.4 Å². The molecule has 0 saturated carbocycles. The fourth-order valence-corrected chi connectivity index (χ4v) is 3.03. The Morgan fingerprint density at radius 3 is 2.40 bits per heavy atom. The Morgan fingerprint density at radius 1 is 1.20 bits per heavy atom. The van der Waals surface area contributed by atoms with Crippen molar-refractivity contribution in [3.05, 3.63) is 23.9 Å². The van der Waals surface area contributed by atoms with Crippen molar-refractivity contribution in [2.24, 2.45) is 10.7 Å². The minimum absolute atomic E-state index is 0.248. The highest BCUT2D eigenvalue weighted by molar-refractivity contribution is 5.98. The van der Waals surface area contributed by atoms with Crippen molar-refractivity contribution in [3.63, 3.8) is 0 Å². The molecule has 1 fully saturated rings. The number of ether oxygens (including phenoxy) is 2. The summed E-state index contributed by atoms with van der Waals surface area (Å²) < 4.78 is 10.7. The molecule has 166 valence electrons. The molecule has 1 unspecified atom stereocenters. The van der Waals surface area contributed by atoms with Gasteiger partial charge in [0.25, 0.3) is 0 Å². The van der Waals surface area contributed by atoms with Crippen molar-refractivity contribution in [3.8, 4) is 0 Å². The highest BCUT2D eigenvalue weighted by Crippen LogP contribution is 2.24. The SMILES string of the molecule is Cc1ccnc(N2CCC(N(C(=O)OC(C)(C)C)C(N)=NC(=O)OC(C)(C)C)C2)c1. The monoisotopic (exact) mass is 419 g/mol. The van der Waals surface area contributed by atoms with E-state index >= 15 is 0 Å². The zero-order valence-electron chi connectivity index (χ0n) is 18.9. The van der Waals surface area contributed by atoms with Gasteiger partial charge >= 0.3 is 12.2 Å². The minimum Gasteiger partial charge on any atom is -0.443 e. The largest absolute Gasteiger partial charge is 0.443 e. The molecule has 0 aromatic carbocycles. The molecule has 1 aromatic heterocycles. The van der Waals surface area contributed by atoms with Gasteiger partial charge in [-0.3, -0.25) is 0 Å². The molecule has 0 radical (unpaired) electrons. The molecule has 9 nitrogen and oxygen atoms in total. The summed E-state index contributed by atoms with van der Waals surface area (Å²) in [5, 5.41) is 0. The number of carbonyl (C=O) groups excluding carboxylic acids is 2. The fourth-order valence-electron chi connectivity index (χ4n) is 3.03. The third-order valence-corrected chi connectivity index (χ3v) is 4.19. The Balaban J connectivity index is 2.25. The summed E-state index contributed by atoms with van der Waals surface area (Å²) in [5.41, 5.74) is 5.73. The molecule has 1 saturated heterocycles. The van der Waals surface area contributed by atoms with Crippen LogP contribution in [0.1, 0.15) is 53.5 Å². The maximum atomic E-state index is 12.9. The number of pyridine rings is 1. The van der Waals surface area contributed by atoms with Crippen molar-refractivity contribution >= 4 is 24.0 Å². The van der Waals surface area contributed by atoms with E-state index in [0.29, 0.717) is 19.5 Å². The van der Waals surface area contributed by atoms with Crippen LogP contribution in [-0.2, 0) is 9.47 Å². The van der Waals surface area contributed by atoms with Crippen LogP contribution in [0.15, 0.2) is 23.3 Å². The smallest absolute Gasteiger partial charge is 0.437 e. The van der Waals surface area contributed by atoms with Gasteiger partial charge in [-0.05, 0) is 72.6 Å². The lowest BCUT2D eigenvalue weighted by atomic mass is 10.2. The fraction of sp³-hybridized carbons (Fsp3) is 0.619. The molecule has 2 heterocycles. The second-order valence-electron chi connectivity index (χ2n) is 9.38. The standard InChI is InChI=1S/C21H33N5O4/c1-14-8-10-23-16(12-14)25-11-9-15(13-25)26(19(28)30-21(5,6)7)17(22)24-18(27)29-20(2,3)4/h8,10,12,15H,9,11,13H2,1-7H3,(H2,22,24,27).